The first-order chi connectivity index (χ1) is 12.7. The van der Waals surface area contributed by atoms with E-state index < -0.39 is 35.6 Å². The summed E-state index contributed by atoms with van der Waals surface area (Å²) in [5.41, 5.74) is -1.06. The number of carbonyl (C=O) groups excluding carboxylic acids is 3. The average Bonchev–Trinajstić information content (AvgIpc) is 3.19. The van der Waals surface area contributed by atoms with Gasteiger partial charge < -0.3 is 25.4 Å². The molecule has 9 heteroatoms. The highest BCUT2D eigenvalue weighted by Gasteiger charge is 2.76. The minimum atomic E-state index is -1.06. The van der Waals surface area contributed by atoms with Crippen LogP contribution in [0.15, 0.2) is 0 Å². The first-order valence-corrected chi connectivity index (χ1v) is 10.4. The van der Waals surface area contributed by atoms with Crippen molar-refractivity contribution in [2.24, 2.45) is 11.8 Å². The molecule has 8 nitrogen and oxygen atoms in total. The smallest absolute Gasteiger partial charge is 0.246 e. The van der Waals surface area contributed by atoms with Gasteiger partial charge in [0.25, 0.3) is 0 Å². The van der Waals surface area contributed by atoms with Gasteiger partial charge in [-0.05, 0) is 26.7 Å². The molecule has 3 unspecified atom stereocenters. The monoisotopic (exact) mass is 445 g/mol. The SMILES string of the molecule is CC[C@@H](CO)N1C(=O)[C@@H]2[C@@H](C(=O)NC)[C@@H]3OC2(CC3Br)C1C(=O)NC(C)C. The van der Waals surface area contributed by atoms with Crippen molar-refractivity contribution < 1.29 is 24.2 Å². The number of aliphatic hydroxyl groups excluding tert-OH is 1. The summed E-state index contributed by atoms with van der Waals surface area (Å²) in [7, 11) is 1.53. The number of hydrogen-bond donors (Lipinski definition) is 3. The summed E-state index contributed by atoms with van der Waals surface area (Å²) in [6.45, 7) is 5.32. The van der Waals surface area contributed by atoms with Crippen molar-refractivity contribution in [3.05, 3.63) is 0 Å². The van der Waals surface area contributed by atoms with Gasteiger partial charge >= 0.3 is 0 Å². The van der Waals surface area contributed by atoms with E-state index >= 15 is 0 Å². The minimum absolute atomic E-state index is 0.104. The number of carbonyl (C=O) groups is 3. The molecule has 0 aromatic carbocycles. The minimum Gasteiger partial charge on any atom is -0.394 e. The number of likely N-dealkylation sites (tertiary alicyclic amines) is 1. The molecular weight excluding hydrogens is 418 g/mol. The molecule has 0 aromatic heterocycles. The van der Waals surface area contributed by atoms with E-state index in [9.17, 15) is 19.5 Å². The Bertz CT molecular complexity index is 640. The summed E-state index contributed by atoms with van der Waals surface area (Å²) in [5.74, 6) is -2.22. The molecule has 3 saturated heterocycles. The van der Waals surface area contributed by atoms with Gasteiger partial charge in [-0.2, -0.15) is 0 Å². The molecule has 7 atom stereocenters. The summed E-state index contributed by atoms with van der Waals surface area (Å²) < 4.78 is 6.27. The molecule has 0 saturated carbocycles. The molecule has 3 N–H and O–H groups in total. The van der Waals surface area contributed by atoms with Gasteiger partial charge in [0.2, 0.25) is 17.7 Å². The Morgan fingerprint density at radius 3 is 2.59 bits per heavy atom. The Hall–Kier alpha value is -1.19. The highest BCUT2D eigenvalue weighted by atomic mass is 79.9. The van der Waals surface area contributed by atoms with Gasteiger partial charge in [0, 0.05) is 17.9 Å². The number of nitrogens with zero attached hydrogens (tertiary/aromatic N) is 1. The molecule has 3 aliphatic rings. The first kappa shape index (κ1) is 20.5. The summed E-state index contributed by atoms with van der Waals surface area (Å²) >= 11 is 3.59. The Kier molecular flexibility index (Phi) is 5.58. The number of rotatable bonds is 6. The summed E-state index contributed by atoms with van der Waals surface area (Å²) in [6.07, 6.45) is 0.517. The van der Waals surface area contributed by atoms with E-state index in [-0.39, 0.29) is 35.2 Å². The van der Waals surface area contributed by atoms with Crippen LogP contribution in [0.25, 0.3) is 0 Å². The lowest BCUT2D eigenvalue weighted by Crippen LogP contribution is -2.59. The Balaban J connectivity index is 2.09. The normalized spacial score (nSPS) is 38.3. The van der Waals surface area contributed by atoms with Gasteiger partial charge in [-0.1, -0.05) is 22.9 Å². The largest absolute Gasteiger partial charge is 0.394 e. The predicted molar refractivity (Wildman–Crippen MR) is 101 cm³/mol. The number of ether oxygens (including phenoxy) is 1. The van der Waals surface area contributed by atoms with Gasteiger partial charge in [0.1, 0.15) is 11.6 Å². The average molecular weight is 446 g/mol. The second-order valence-electron chi connectivity index (χ2n) is 7.93. The second kappa shape index (κ2) is 7.33. The predicted octanol–water partition coefficient (Wildman–Crippen LogP) is -0.224. The molecule has 3 rings (SSSR count). The lowest BCUT2D eigenvalue weighted by Gasteiger charge is -2.37. The maximum absolute atomic E-state index is 13.4. The fourth-order valence-corrected chi connectivity index (χ4v) is 5.95. The maximum atomic E-state index is 13.4. The fraction of sp³-hybridized carbons (Fsp3) is 0.833. The molecule has 152 valence electrons. The molecule has 0 aromatic rings. The molecule has 0 aliphatic carbocycles. The van der Waals surface area contributed by atoms with E-state index in [0.29, 0.717) is 12.8 Å². The third-order valence-electron chi connectivity index (χ3n) is 6.03. The molecule has 3 amide bonds. The number of alkyl halides is 1. The van der Waals surface area contributed by atoms with Gasteiger partial charge in [0.15, 0.2) is 0 Å². The zero-order valence-corrected chi connectivity index (χ0v) is 17.7. The van der Waals surface area contributed by atoms with Gasteiger partial charge in [-0.25, -0.2) is 0 Å². The van der Waals surface area contributed by atoms with Crippen molar-refractivity contribution >= 4 is 33.7 Å². The van der Waals surface area contributed by atoms with E-state index in [1.165, 1.54) is 11.9 Å². The number of fused-ring (bicyclic) bond motifs is 1. The number of halogens is 1. The molecule has 2 bridgehead atoms. The van der Waals surface area contributed by atoms with E-state index in [1.807, 2.05) is 20.8 Å². The van der Waals surface area contributed by atoms with Crippen LogP contribution < -0.4 is 10.6 Å². The van der Waals surface area contributed by atoms with Crippen molar-refractivity contribution in [2.75, 3.05) is 13.7 Å². The second-order valence-corrected chi connectivity index (χ2v) is 9.11. The zero-order valence-electron chi connectivity index (χ0n) is 16.1. The van der Waals surface area contributed by atoms with Crippen molar-refractivity contribution in [1.29, 1.82) is 0 Å². The third-order valence-corrected chi connectivity index (χ3v) is 6.88. The number of nitrogens with one attached hydrogen (secondary N) is 2. The van der Waals surface area contributed by atoms with E-state index in [4.69, 9.17) is 4.74 Å². The highest BCUT2D eigenvalue weighted by molar-refractivity contribution is 9.09. The lowest BCUT2D eigenvalue weighted by molar-refractivity contribution is -0.145. The molecular formula is C18H28BrN3O5. The van der Waals surface area contributed by atoms with Crippen molar-refractivity contribution in [3.8, 4) is 0 Å². The quantitative estimate of drug-likeness (QED) is 0.489. The van der Waals surface area contributed by atoms with E-state index in [2.05, 4.69) is 26.6 Å². The van der Waals surface area contributed by atoms with Crippen LogP contribution in [0.4, 0.5) is 0 Å². The Morgan fingerprint density at radius 2 is 2.07 bits per heavy atom. The lowest BCUT2D eigenvalue weighted by atomic mass is 9.70. The van der Waals surface area contributed by atoms with Crippen molar-refractivity contribution in [1.82, 2.24) is 15.5 Å². The van der Waals surface area contributed by atoms with Crippen LogP contribution in [0, 0.1) is 11.8 Å². The van der Waals surface area contributed by atoms with Crippen LogP contribution in [-0.2, 0) is 19.1 Å². The Labute approximate surface area is 167 Å². The number of amides is 3. The van der Waals surface area contributed by atoms with E-state index in [1.54, 1.807) is 0 Å². The summed E-state index contributed by atoms with van der Waals surface area (Å²) in [4.78, 5) is 40.5. The van der Waals surface area contributed by atoms with Crippen LogP contribution in [0.3, 0.4) is 0 Å². The maximum Gasteiger partial charge on any atom is 0.246 e. The number of hydrogen-bond acceptors (Lipinski definition) is 5. The standard InChI is InChI=1S/C18H28BrN3O5/c1-5-9(7-23)22-14(16(25)21-8(2)3)18-6-10(19)13(27-18)11(15(24)20-4)12(18)17(22)26/h8-14,23H,5-7H2,1-4H3,(H,20,24)(H,21,25)/t9-,10?,11+,12-,13+,14?,18?/m0/s1. The molecule has 3 aliphatic heterocycles. The molecule has 3 fully saturated rings. The summed E-state index contributed by atoms with van der Waals surface area (Å²) in [5, 5.41) is 15.4. The van der Waals surface area contributed by atoms with Crippen LogP contribution in [0.5, 0.6) is 0 Å². The van der Waals surface area contributed by atoms with Crippen LogP contribution in [0.1, 0.15) is 33.6 Å². The van der Waals surface area contributed by atoms with Gasteiger partial charge in [-0.15, -0.1) is 0 Å². The fourth-order valence-electron chi connectivity index (χ4n) is 5.00. The summed E-state index contributed by atoms with van der Waals surface area (Å²) in [6, 6.07) is -1.47. The molecule has 27 heavy (non-hydrogen) atoms. The molecule has 3 heterocycles. The van der Waals surface area contributed by atoms with Gasteiger partial charge in [0.05, 0.1) is 30.6 Å². The van der Waals surface area contributed by atoms with Crippen molar-refractivity contribution in [3.63, 3.8) is 0 Å². The third kappa shape index (κ3) is 2.89. The first-order valence-electron chi connectivity index (χ1n) is 9.50. The zero-order chi connectivity index (χ0) is 20.1. The number of aliphatic hydroxyl groups is 1. The Morgan fingerprint density at radius 1 is 1.41 bits per heavy atom. The highest BCUT2D eigenvalue weighted by Crippen LogP contribution is 2.60. The topological polar surface area (TPSA) is 108 Å². The molecule has 0 radical (unpaired) electrons. The van der Waals surface area contributed by atoms with Crippen LogP contribution >= 0.6 is 15.9 Å². The van der Waals surface area contributed by atoms with E-state index in [0.717, 1.165) is 0 Å². The van der Waals surface area contributed by atoms with Gasteiger partial charge in [-0.3, -0.25) is 14.4 Å². The van der Waals surface area contributed by atoms with Crippen LogP contribution in [0.2, 0.25) is 0 Å². The molecule has 1 spiro atoms. The van der Waals surface area contributed by atoms with Crippen molar-refractivity contribution in [2.45, 2.75) is 68.3 Å². The van der Waals surface area contributed by atoms with Crippen LogP contribution in [-0.4, -0.2) is 76.0 Å².